The maximum Gasteiger partial charge on any atom is 0.0589 e. The molecule has 0 atom stereocenters. The minimum Gasteiger partial charge on any atom is -0.383 e. The fourth-order valence-electron chi connectivity index (χ4n) is 1.60. The molecule has 0 rings (SSSR count). The minimum absolute atomic E-state index is 0.619. The SMILES string of the molecule is COCCN(CCCCCCCl)C(C)C. The Balaban J connectivity index is 3.48. The molecule has 0 unspecified atom stereocenters. The molecule has 3 heteroatoms. The van der Waals surface area contributed by atoms with Gasteiger partial charge in [0.2, 0.25) is 0 Å². The molecule has 0 bridgehead atoms. The largest absolute Gasteiger partial charge is 0.383 e. The van der Waals surface area contributed by atoms with Gasteiger partial charge in [0.05, 0.1) is 6.61 Å². The Morgan fingerprint density at radius 1 is 1.07 bits per heavy atom. The highest BCUT2D eigenvalue weighted by molar-refractivity contribution is 6.17. The second kappa shape index (κ2) is 10.7. The van der Waals surface area contributed by atoms with Crippen molar-refractivity contribution < 1.29 is 4.74 Å². The molecule has 0 aliphatic heterocycles. The number of hydrogen-bond donors (Lipinski definition) is 0. The molecule has 0 fully saturated rings. The van der Waals surface area contributed by atoms with Crippen LogP contribution in [0, 0.1) is 0 Å². The van der Waals surface area contributed by atoms with Crippen molar-refractivity contribution in [1.29, 1.82) is 0 Å². The summed E-state index contributed by atoms with van der Waals surface area (Å²) < 4.78 is 5.11. The zero-order chi connectivity index (χ0) is 11.5. The first-order valence-corrected chi connectivity index (χ1v) is 6.54. The highest BCUT2D eigenvalue weighted by Gasteiger charge is 2.07. The zero-order valence-corrected chi connectivity index (χ0v) is 11.2. The first-order valence-electron chi connectivity index (χ1n) is 6.01. The first-order chi connectivity index (χ1) is 7.22. The van der Waals surface area contributed by atoms with E-state index in [1.807, 2.05) is 0 Å². The molecule has 0 radical (unpaired) electrons. The molecule has 0 N–H and O–H groups in total. The maximum absolute atomic E-state index is 5.64. The minimum atomic E-state index is 0.619. The van der Waals surface area contributed by atoms with Crippen LogP contribution >= 0.6 is 11.6 Å². The fourth-order valence-corrected chi connectivity index (χ4v) is 1.79. The van der Waals surface area contributed by atoms with Crippen molar-refractivity contribution in [2.75, 3.05) is 32.7 Å². The summed E-state index contributed by atoms with van der Waals surface area (Å²) in [7, 11) is 1.76. The van der Waals surface area contributed by atoms with E-state index in [1.54, 1.807) is 7.11 Å². The molecular formula is C12H26ClNO. The fraction of sp³-hybridized carbons (Fsp3) is 1.00. The molecule has 0 aromatic carbocycles. The Morgan fingerprint density at radius 2 is 1.73 bits per heavy atom. The van der Waals surface area contributed by atoms with Crippen LogP contribution in [0.15, 0.2) is 0 Å². The van der Waals surface area contributed by atoms with Crippen LogP contribution in [0.4, 0.5) is 0 Å². The van der Waals surface area contributed by atoms with Gasteiger partial charge in [0.15, 0.2) is 0 Å². The second-order valence-electron chi connectivity index (χ2n) is 4.23. The average Bonchev–Trinajstić information content (AvgIpc) is 2.21. The summed E-state index contributed by atoms with van der Waals surface area (Å²) in [5.41, 5.74) is 0. The van der Waals surface area contributed by atoms with Crippen molar-refractivity contribution in [1.82, 2.24) is 4.90 Å². The Kier molecular flexibility index (Phi) is 10.9. The Labute approximate surface area is 99.9 Å². The third-order valence-corrected chi connectivity index (χ3v) is 2.91. The van der Waals surface area contributed by atoms with Crippen LogP contribution in [0.25, 0.3) is 0 Å². The molecule has 0 heterocycles. The summed E-state index contributed by atoms with van der Waals surface area (Å²) in [4.78, 5) is 2.48. The number of hydrogen-bond acceptors (Lipinski definition) is 2. The summed E-state index contributed by atoms with van der Waals surface area (Å²) in [6.45, 7) is 7.55. The molecule has 0 aliphatic rings. The van der Waals surface area contributed by atoms with E-state index in [0.29, 0.717) is 6.04 Å². The van der Waals surface area contributed by atoms with E-state index in [0.717, 1.165) is 25.5 Å². The standard InChI is InChI=1S/C12H26ClNO/c1-12(2)14(10-11-15-3)9-7-5-4-6-8-13/h12H,4-11H2,1-3H3. The van der Waals surface area contributed by atoms with Gasteiger partial charge in [0, 0.05) is 25.6 Å². The normalized spacial score (nSPS) is 11.6. The van der Waals surface area contributed by atoms with Crippen LogP contribution in [0.2, 0.25) is 0 Å². The van der Waals surface area contributed by atoms with E-state index in [4.69, 9.17) is 16.3 Å². The van der Waals surface area contributed by atoms with Gasteiger partial charge in [-0.25, -0.2) is 0 Å². The molecule has 0 aromatic rings. The zero-order valence-electron chi connectivity index (χ0n) is 10.5. The lowest BCUT2D eigenvalue weighted by molar-refractivity contribution is 0.128. The molecule has 0 saturated heterocycles. The van der Waals surface area contributed by atoms with Gasteiger partial charge in [-0.1, -0.05) is 12.8 Å². The lowest BCUT2D eigenvalue weighted by atomic mass is 10.2. The van der Waals surface area contributed by atoms with Crippen molar-refractivity contribution in [3.63, 3.8) is 0 Å². The third-order valence-electron chi connectivity index (χ3n) is 2.64. The van der Waals surface area contributed by atoms with Crippen LogP contribution in [0.5, 0.6) is 0 Å². The second-order valence-corrected chi connectivity index (χ2v) is 4.60. The monoisotopic (exact) mass is 235 g/mol. The van der Waals surface area contributed by atoms with Gasteiger partial charge in [-0.3, -0.25) is 4.90 Å². The quantitative estimate of drug-likeness (QED) is 0.426. The molecule has 92 valence electrons. The summed E-state index contributed by atoms with van der Waals surface area (Å²) in [5, 5.41) is 0. The van der Waals surface area contributed by atoms with Gasteiger partial charge in [-0.15, -0.1) is 11.6 Å². The van der Waals surface area contributed by atoms with Crippen LogP contribution in [0.1, 0.15) is 39.5 Å². The maximum atomic E-state index is 5.64. The number of nitrogens with zero attached hydrogens (tertiary/aromatic N) is 1. The molecule has 0 amide bonds. The average molecular weight is 236 g/mol. The Bertz CT molecular complexity index is 131. The summed E-state index contributed by atoms with van der Waals surface area (Å²) in [5.74, 6) is 0.803. The van der Waals surface area contributed by atoms with Crippen molar-refractivity contribution in [2.24, 2.45) is 0 Å². The van der Waals surface area contributed by atoms with E-state index in [1.165, 1.54) is 25.8 Å². The number of unbranched alkanes of at least 4 members (excludes halogenated alkanes) is 3. The number of halogens is 1. The van der Waals surface area contributed by atoms with E-state index in [9.17, 15) is 0 Å². The summed E-state index contributed by atoms with van der Waals surface area (Å²) >= 11 is 5.64. The van der Waals surface area contributed by atoms with Gasteiger partial charge in [0.25, 0.3) is 0 Å². The van der Waals surface area contributed by atoms with E-state index < -0.39 is 0 Å². The molecule has 2 nitrogen and oxygen atoms in total. The number of ether oxygens (including phenoxy) is 1. The van der Waals surface area contributed by atoms with Gasteiger partial charge < -0.3 is 4.74 Å². The number of alkyl halides is 1. The van der Waals surface area contributed by atoms with Crippen molar-refractivity contribution in [3.05, 3.63) is 0 Å². The predicted octanol–water partition coefficient (Wildman–Crippen LogP) is 3.14. The molecule has 0 spiro atoms. The Hall–Kier alpha value is 0.210. The highest BCUT2D eigenvalue weighted by atomic mass is 35.5. The van der Waals surface area contributed by atoms with Crippen molar-refractivity contribution in [2.45, 2.75) is 45.6 Å². The van der Waals surface area contributed by atoms with Crippen molar-refractivity contribution in [3.8, 4) is 0 Å². The topological polar surface area (TPSA) is 12.5 Å². The third kappa shape index (κ3) is 9.16. The smallest absolute Gasteiger partial charge is 0.0589 e. The van der Waals surface area contributed by atoms with Crippen LogP contribution in [-0.2, 0) is 4.74 Å². The van der Waals surface area contributed by atoms with E-state index in [-0.39, 0.29) is 0 Å². The molecule has 0 saturated carbocycles. The van der Waals surface area contributed by atoms with Gasteiger partial charge in [0.1, 0.15) is 0 Å². The van der Waals surface area contributed by atoms with Crippen LogP contribution in [-0.4, -0.2) is 43.6 Å². The molecule has 15 heavy (non-hydrogen) atoms. The lowest BCUT2D eigenvalue weighted by Gasteiger charge is -2.25. The summed E-state index contributed by atoms with van der Waals surface area (Å²) in [6.07, 6.45) is 4.99. The Morgan fingerprint density at radius 3 is 2.27 bits per heavy atom. The number of methoxy groups -OCH3 is 1. The van der Waals surface area contributed by atoms with Gasteiger partial charge >= 0.3 is 0 Å². The number of rotatable bonds is 10. The van der Waals surface area contributed by atoms with Gasteiger partial charge in [-0.2, -0.15) is 0 Å². The molecule has 0 aliphatic carbocycles. The van der Waals surface area contributed by atoms with E-state index >= 15 is 0 Å². The van der Waals surface area contributed by atoms with E-state index in [2.05, 4.69) is 18.7 Å². The van der Waals surface area contributed by atoms with Crippen molar-refractivity contribution >= 4 is 11.6 Å². The predicted molar refractivity (Wildman–Crippen MR) is 67.8 cm³/mol. The molecular weight excluding hydrogens is 210 g/mol. The highest BCUT2D eigenvalue weighted by Crippen LogP contribution is 2.05. The van der Waals surface area contributed by atoms with Crippen LogP contribution < -0.4 is 0 Å². The molecule has 0 aromatic heterocycles. The van der Waals surface area contributed by atoms with Crippen LogP contribution in [0.3, 0.4) is 0 Å². The summed E-state index contributed by atoms with van der Waals surface area (Å²) in [6, 6.07) is 0.619. The lowest BCUT2D eigenvalue weighted by Crippen LogP contribution is -2.34. The first kappa shape index (κ1) is 15.2. The van der Waals surface area contributed by atoms with Gasteiger partial charge in [-0.05, 0) is 33.2 Å².